The highest BCUT2D eigenvalue weighted by Crippen LogP contribution is 2.53. The lowest BCUT2D eigenvalue weighted by molar-refractivity contribution is -0.155. The molecule has 4 heteroatoms. The zero-order valence-electron chi connectivity index (χ0n) is 18.5. The van der Waals surface area contributed by atoms with Crippen molar-refractivity contribution in [3.05, 3.63) is 57.6 Å². The summed E-state index contributed by atoms with van der Waals surface area (Å²) in [6.07, 6.45) is 0. The average Bonchev–Trinajstić information content (AvgIpc) is 2.87. The van der Waals surface area contributed by atoms with E-state index in [1.54, 1.807) is 6.07 Å². The number of aliphatic carboxylic acids is 2. The van der Waals surface area contributed by atoms with E-state index in [4.69, 9.17) is 0 Å². The monoisotopic (exact) mass is 394 g/mol. The smallest absolute Gasteiger partial charge is 0.330 e. The van der Waals surface area contributed by atoms with E-state index < -0.39 is 17.4 Å². The van der Waals surface area contributed by atoms with Gasteiger partial charge in [0.25, 0.3) is 0 Å². The van der Waals surface area contributed by atoms with Gasteiger partial charge in [-0.3, -0.25) is 9.59 Å². The van der Waals surface area contributed by atoms with Crippen LogP contribution in [0, 0.1) is 13.8 Å². The Hall–Kier alpha value is -2.62. The molecule has 0 bridgehead atoms. The number of fused-ring (bicyclic) bond motifs is 3. The standard InChI is InChI=1S/C25H30O4/c1-13-14(2)20-17(12-19(13)24(6,7)8)16-11-15(23(3,4)5)9-10-18(16)25(20,21(26)27)22(28)29/h9-12H,1-8H3,(H,26,27)(H,28,29). The Labute approximate surface area is 172 Å². The largest absolute Gasteiger partial charge is 0.480 e. The van der Waals surface area contributed by atoms with Gasteiger partial charge in [-0.15, -0.1) is 0 Å². The molecule has 2 N–H and O–H groups in total. The maximum Gasteiger partial charge on any atom is 0.330 e. The lowest BCUT2D eigenvalue weighted by Crippen LogP contribution is -2.44. The molecule has 29 heavy (non-hydrogen) atoms. The first-order valence-electron chi connectivity index (χ1n) is 9.92. The Morgan fingerprint density at radius 3 is 1.79 bits per heavy atom. The summed E-state index contributed by atoms with van der Waals surface area (Å²) in [5.41, 5.74) is 3.64. The molecule has 0 heterocycles. The van der Waals surface area contributed by atoms with Gasteiger partial charge >= 0.3 is 11.9 Å². The summed E-state index contributed by atoms with van der Waals surface area (Å²) in [5.74, 6) is -2.70. The van der Waals surface area contributed by atoms with Gasteiger partial charge in [-0.05, 0) is 75.3 Å². The Kier molecular flexibility index (Phi) is 4.50. The number of carboxylic acid groups (broad SMARTS) is 2. The molecule has 0 unspecified atom stereocenters. The molecule has 0 fully saturated rings. The molecule has 0 saturated carbocycles. The van der Waals surface area contributed by atoms with Crippen LogP contribution in [0.25, 0.3) is 11.1 Å². The minimum Gasteiger partial charge on any atom is -0.480 e. The third-order valence-corrected chi connectivity index (χ3v) is 6.30. The van der Waals surface area contributed by atoms with Gasteiger partial charge in [0.05, 0.1) is 0 Å². The summed E-state index contributed by atoms with van der Waals surface area (Å²) in [4.78, 5) is 25.1. The molecule has 0 atom stereocenters. The van der Waals surface area contributed by atoms with Gasteiger partial charge in [-0.1, -0.05) is 59.7 Å². The van der Waals surface area contributed by atoms with E-state index >= 15 is 0 Å². The minimum atomic E-state index is -2.09. The molecule has 4 nitrogen and oxygen atoms in total. The summed E-state index contributed by atoms with van der Waals surface area (Å²) in [6.45, 7) is 16.4. The van der Waals surface area contributed by atoms with Crippen molar-refractivity contribution in [3.8, 4) is 11.1 Å². The van der Waals surface area contributed by atoms with Crippen LogP contribution in [-0.4, -0.2) is 22.2 Å². The highest BCUT2D eigenvalue weighted by atomic mass is 16.4. The maximum absolute atomic E-state index is 12.5. The topological polar surface area (TPSA) is 74.6 Å². The van der Waals surface area contributed by atoms with Crippen LogP contribution in [0.3, 0.4) is 0 Å². The second-order valence-corrected chi connectivity index (χ2v) is 10.2. The van der Waals surface area contributed by atoms with Gasteiger partial charge in [0.2, 0.25) is 5.41 Å². The van der Waals surface area contributed by atoms with E-state index in [1.165, 1.54) is 0 Å². The van der Waals surface area contributed by atoms with Crippen LogP contribution in [0.5, 0.6) is 0 Å². The predicted molar refractivity (Wildman–Crippen MR) is 115 cm³/mol. The summed E-state index contributed by atoms with van der Waals surface area (Å²) in [6, 6.07) is 7.54. The van der Waals surface area contributed by atoms with E-state index in [9.17, 15) is 19.8 Å². The molecule has 0 radical (unpaired) electrons. The Morgan fingerprint density at radius 1 is 0.793 bits per heavy atom. The summed E-state index contributed by atoms with van der Waals surface area (Å²) in [5, 5.41) is 20.4. The van der Waals surface area contributed by atoms with Crippen LogP contribution >= 0.6 is 0 Å². The third kappa shape index (κ3) is 2.80. The van der Waals surface area contributed by atoms with E-state index in [1.807, 2.05) is 32.0 Å². The molecular weight excluding hydrogens is 364 g/mol. The molecule has 1 aliphatic rings. The number of carbonyl (C=O) groups is 2. The number of hydrogen-bond donors (Lipinski definition) is 2. The van der Waals surface area contributed by atoms with Crippen LogP contribution in [0.2, 0.25) is 0 Å². The quantitative estimate of drug-likeness (QED) is 0.675. The highest BCUT2D eigenvalue weighted by molar-refractivity contribution is 6.15. The lowest BCUT2D eigenvalue weighted by Gasteiger charge is -2.28. The number of benzene rings is 2. The molecule has 2 aromatic carbocycles. The summed E-state index contributed by atoms with van der Waals surface area (Å²) >= 11 is 0. The molecule has 0 amide bonds. The Morgan fingerprint density at radius 2 is 1.34 bits per heavy atom. The second-order valence-electron chi connectivity index (χ2n) is 10.2. The summed E-state index contributed by atoms with van der Waals surface area (Å²) < 4.78 is 0. The van der Waals surface area contributed by atoms with E-state index in [2.05, 4.69) is 41.5 Å². The predicted octanol–water partition coefficient (Wildman–Crippen LogP) is 5.33. The molecule has 2 aromatic rings. The fourth-order valence-corrected chi connectivity index (χ4v) is 4.62. The first-order valence-corrected chi connectivity index (χ1v) is 9.92. The lowest BCUT2D eigenvalue weighted by atomic mass is 9.73. The fraction of sp³-hybridized carbons (Fsp3) is 0.440. The molecule has 0 aliphatic heterocycles. The maximum atomic E-state index is 12.5. The summed E-state index contributed by atoms with van der Waals surface area (Å²) in [7, 11) is 0. The van der Waals surface area contributed by atoms with Crippen molar-refractivity contribution in [1.29, 1.82) is 0 Å². The van der Waals surface area contributed by atoms with Crippen LogP contribution in [0.1, 0.15) is 74.9 Å². The van der Waals surface area contributed by atoms with Gasteiger partial charge < -0.3 is 10.2 Å². The minimum absolute atomic E-state index is 0.139. The molecule has 0 spiro atoms. The van der Waals surface area contributed by atoms with Crippen molar-refractivity contribution in [2.45, 2.75) is 71.6 Å². The average molecular weight is 395 g/mol. The van der Waals surface area contributed by atoms with E-state index in [-0.39, 0.29) is 10.8 Å². The molecule has 0 aromatic heterocycles. The van der Waals surface area contributed by atoms with E-state index in [0.29, 0.717) is 16.7 Å². The van der Waals surface area contributed by atoms with Crippen LogP contribution < -0.4 is 0 Å². The number of hydrogen-bond acceptors (Lipinski definition) is 2. The molecule has 154 valence electrons. The third-order valence-electron chi connectivity index (χ3n) is 6.30. The first-order chi connectivity index (χ1) is 13.1. The molecule has 0 saturated heterocycles. The fourth-order valence-electron chi connectivity index (χ4n) is 4.62. The van der Waals surface area contributed by atoms with Crippen LogP contribution in [0.4, 0.5) is 0 Å². The SMILES string of the molecule is Cc1c(C(C)(C)C)cc2c(c1C)C(C(=O)O)(C(=O)O)c1ccc(C(C)(C)C)cc1-2. The Balaban J connectivity index is 2.56. The van der Waals surface area contributed by atoms with Crippen LogP contribution in [-0.2, 0) is 25.8 Å². The van der Waals surface area contributed by atoms with Gasteiger partial charge in [-0.25, -0.2) is 0 Å². The zero-order valence-corrected chi connectivity index (χ0v) is 18.5. The van der Waals surface area contributed by atoms with Crippen LogP contribution in [0.15, 0.2) is 24.3 Å². The van der Waals surface area contributed by atoms with Gasteiger partial charge in [0.15, 0.2) is 0 Å². The molecule has 3 rings (SSSR count). The second kappa shape index (κ2) is 6.19. The molecule has 1 aliphatic carbocycles. The Bertz CT molecular complexity index is 1030. The van der Waals surface area contributed by atoms with Crippen molar-refractivity contribution in [2.24, 2.45) is 0 Å². The number of carboxylic acids is 2. The normalized spacial score (nSPS) is 15.0. The zero-order chi connectivity index (χ0) is 22.1. The van der Waals surface area contributed by atoms with Crippen molar-refractivity contribution in [1.82, 2.24) is 0 Å². The van der Waals surface area contributed by atoms with Crippen molar-refractivity contribution in [2.75, 3.05) is 0 Å². The van der Waals surface area contributed by atoms with Gasteiger partial charge in [0.1, 0.15) is 0 Å². The van der Waals surface area contributed by atoms with Crippen molar-refractivity contribution < 1.29 is 19.8 Å². The number of rotatable bonds is 2. The van der Waals surface area contributed by atoms with Crippen molar-refractivity contribution in [3.63, 3.8) is 0 Å². The van der Waals surface area contributed by atoms with Gasteiger partial charge in [0, 0.05) is 0 Å². The molecular formula is C25H30O4. The van der Waals surface area contributed by atoms with E-state index in [0.717, 1.165) is 27.8 Å². The van der Waals surface area contributed by atoms with Gasteiger partial charge in [-0.2, -0.15) is 0 Å². The highest BCUT2D eigenvalue weighted by Gasteiger charge is 2.57. The van der Waals surface area contributed by atoms with Crippen molar-refractivity contribution >= 4 is 11.9 Å². The first kappa shape index (κ1) is 21.1.